The number of alkyl halides is 1. The molecule has 0 spiro atoms. The van der Waals surface area contributed by atoms with Crippen LogP contribution in [0.4, 0.5) is 10.1 Å². The molecule has 0 fully saturated rings. The Hall–Kier alpha value is -1.10. The number of anilines is 1. The second kappa shape index (κ2) is 4.95. The first kappa shape index (κ1) is 11.0. The number of carbonyl (C=O) groups is 1. The normalized spacial score (nSPS) is 9.86. The standard InChI is InChI=1S/C9H9BrFNO2/c10-7-2-1-6(5-8(7)12)9(13)14-4-3-11/h1-2,5H,3-4,12H2. The van der Waals surface area contributed by atoms with Gasteiger partial charge in [0.15, 0.2) is 0 Å². The molecule has 0 saturated heterocycles. The van der Waals surface area contributed by atoms with Gasteiger partial charge in [-0.1, -0.05) is 0 Å². The summed E-state index contributed by atoms with van der Waals surface area (Å²) >= 11 is 3.19. The van der Waals surface area contributed by atoms with Crippen molar-refractivity contribution >= 4 is 27.6 Å². The van der Waals surface area contributed by atoms with E-state index in [0.717, 1.165) is 0 Å². The molecule has 0 atom stereocenters. The number of nitrogens with two attached hydrogens (primary N) is 1. The van der Waals surface area contributed by atoms with Gasteiger partial charge in [-0.25, -0.2) is 9.18 Å². The number of benzene rings is 1. The predicted molar refractivity (Wildman–Crippen MR) is 54.8 cm³/mol. The molecular weight excluding hydrogens is 253 g/mol. The van der Waals surface area contributed by atoms with Crippen LogP contribution in [0.3, 0.4) is 0 Å². The van der Waals surface area contributed by atoms with Crippen molar-refractivity contribution in [2.24, 2.45) is 0 Å². The lowest BCUT2D eigenvalue weighted by Crippen LogP contribution is -2.07. The van der Waals surface area contributed by atoms with E-state index in [1.807, 2.05) is 0 Å². The second-order valence-electron chi connectivity index (χ2n) is 2.56. The fourth-order valence-electron chi connectivity index (χ4n) is 0.885. The highest BCUT2D eigenvalue weighted by Crippen LogP contribution is 2.20. The van der Waals surface area contributed by atoms with Gasteiger partial charge in [0.2, 0.25) is 0 Å². The molecule has 1 aromatic carbocycles. The van der Waals surface area contributed by atoms with Crippen molar-refractivity contribution in [1.29, 1.82) is 0 Å². The monoisotopic (exact) mass is 261 g/mol. The van der Waals surface area contributed by atoms with Crippen LogP contribution in [-0.4, -0.2) is 19.3 Å². The van der Waals surface area contributed by atoms with Crippen LogP contribution < -0.4 is 5.73 Å². The molecule has 0 aromatic heterocycles. The number of hydrogen-bond acceptors (Lipinski definition) is 3. The molecule has 0 aliphatic rings. The third kappa shape index (κ3) is 2.70. The third-order valence-electron chi connectivity index (χ3n) is 1.54. The smallest absolute Gasteiger partial charge is 0.338 e. The minimum absolute atomic E-state index is 0.227. The maximum Gasteiger partial charge on any atom is 0.338 e. The minimum atomic E-state index is -0.683. The summed E-state index contributed by atoms with van der Waals surface area (Å²) < 4.78 is 17.0. The lowest BCUT2D eigenvalue weighted by molar-refractivity contribution is 0.0481. The Labute approximate surface area is 89.2 Å². The summed E-state index contributed by atoms with van der Waals surface area (Å²) in [7, 11) is 0. The van der Waals surface area contributed by atoms with Crippen LogP contribution in [0.25, 0.3) is 0 Å². The lowest BCUT2D eigenvalue weighted by atomic mass is 10.2. The highest BCUT2D eigenvalue weighted by atomic mass is 79.9. The van der Waals surface area contributed by atoms with Crippen molar-refractivity contribution in [2.75, 3.05) is 19.0 Å². The first-order valence-corrected chi connectivity index (χ1v) is 4.72. The van der Waals surface area contributed by atoms with Gasteiger partial charge in [-0.3, -0.25) is 0 Å². The topological polar surface area (TPSA) is 52.3 Å². The molecule has 3 nitrogen and oxygen atoms in total. The van der Waals surface area contributed by atoms with Crippen molar-refractivity contribution in [2.45, 2.75) is 0 Å². The third-order valence-corrected chi connectivity index (χ3v) is 2.26. The van der Waals surface area contributed by atoms with Crippen molar-refractivity contribution in [3.63, 3.8) is 0 Å². The number of halogens is 2. The summed E-state index contributed by atoms with van der Waals surface area (Å²) in [6.45, 7) is -0.910. The molecule has 1 rings (SSSR count). The zero-order chi connectivity index (χ0) is 10.6. The molecule has 0 aliphatic heterocycles. The Balaban J connectivity index is 2.76. The maximum atomic E-state index is 11.7. The van der Waals surface area contributed by atoms with E-state index in [2.05, 4.69) is 20.7 Å². The molecule has 0 saturated carbocycles. The Morgan fingerprint density at radius 2 is 2.29 bits per heavy atom. The van der Waals surface area contributed by atoms with E-state index < -0.39 is 12.6 Å². The van der Waals surface area contributed by atoms with E-state index in [-0.39, 0.29) is 6.61 Å². The quantitative estimate of drug-likeness (QED) is 0.670. The number of hydrogen-bond donors (Lipinski definition) is 1. The maximum absolute atomic E-state index is 11.7. The first-order chi connectivity index (χ1) is 6.65. The van der Waals surface area contributed by atoms with Crippen molar-refractivity contribution in [1.82, 2.24) is 0 Å². The van der Waals surface area contributed by atoms with E-state index in [1.165, 1.54) is 6.07 Å². The molecule has 1 aromatic rings. The zero-order valence-electron chi connectivity index (χ0n) is 7.30. The number of nitrogen functional groups attached to an aromatic ring is 1. The van der Waals surface area contributed by atoms with E-state index >= 15 is 0 Å². The minimum Gasteiger partial charge on any atom is -0.459 e. The van der Waals surface area contributed by atoms with Gasteiger partial charge < -0.3 is 10.5 Å². The molecule has 5 heteroatoms. The number of rotatable bonds is 3. The zero-order valence-corrected chi connectivity index (χ0v) is 8.88. The molecule has 0 radical (unpaired) electrons. The molecule has 0 unspecified atom stereocenters. The summed E-state index contributed by atoms with van der Waals surface area (Å²) in [5.74, 6) is -0.568. The Morgan fingerprint density at radius 3 is 2.86 bits per heavy atom. The molecular formula is C9H9BrFNO2. The number of ether oxygens (including phenoxy) is 1. The first-order valence-electron chi connectivity index (χ1n) is 3.93. The van der Waals surface area contributed by atoms with Gasteiger partial charge >= 0.3 is 5.97 Å². The Kier molecular flexibility index (Phi) is 3.88. The predicted octanol–water partition coefficient (Wildman–Crippen LogP) is 2.16. The van der Waals surface area contributed by atoms with Gasteiger partial charge in [0.1, 0.15) is 13.3 Å². The Morgan fingerprint density at radius 1 is 1.57 bits per heavy atom. The van der Waals surface area contributed by atoms with Crippen LogP contribution in [0.5, 0.6) is 0 Å². The Bertz CT molecular complexity index is 344. The van der Waals surface area contributed by atoms with Crippen molar-refractivity contribution < 1.29 is 13.9 Å². The largest absolute Gasteiger partial charge is 0.459 e. The average Bonchev–Trinajstić information content (AvgIpc) is 2.18. The lowest BCUT2D eigenvalue weighted by Gasteiger charge is -2.03. The molecule has 76 valence electrons. The van der Waals surface area contributed by atoms with Crippen LogP contribution in [-0.2, 0) is 4.74 Å². The van der Waals surface area contributed by atoms with Gasteiger partial charge in [-0.05, 0) is 34.1 Å². The van der Waals surface area contributed by atoms with Crippen LogP contribution in [0.15, 0.2) is 22.7 Å². The van der Waals surface area contributed by atoms with Gasteiger partial charge in [-0.15, -0.1) is 0 Å². The highest BCUT2D eigenvalue weighted by molar-refractivity contribution is 9.10. The van der Waals surface area contributed by atoms with E-state index in [1.54, 1.807) is 12.1 Å². The molecule has 0 amide bonds. The molecule has 2 N–H and O–H groups in total. The van der Waals surface area contributed by atoms with Crippen molar-refractivity contribution in [3.05, 3.63) is 28.2 Å². The molecule has 0 aliphatic carbocycles. The van der Waals surface area contributed by atoms with Gasteiger partial charge in [0.25, 0.3) is 0 Å². The van der Waals surface area contributed by atoms with E-state index in [9.17, 15) is 9.18 Å². The van der Waals surface area contributed by atoms with Crippen LogP contribution in [0.1, 0.15) is 10.4 Å². The summed E-state index contributed by atoms with van der Waals surface area (Å²) in [4.78, 5) is 11.2. The van der Waals surface area contributed by atoms with Crippen LogP contribution in [0.2, 0.25) is 0 Å². The van der Waals surface area contributed by atoms with Gasteiger partial charge in [-0.2, -0.15) is 0 Å². The van der Waals surface area contributed by atoms with E-state index in [4.69, 9.17) is 5.73 Å². The van der Waals surface area contributed by atoms with E-state index in [0.29, 0.717) is 15.7 Å². The summed E-state index contributed by atoms with van der Waals surface area (Å²) in [5, 5.41) is 0. The summed E-state index contributed by atoms with van der Waals surface area (Å²) in [5.41, 5.74) is 6.32. The molecule has 0 bridgehead atoms. The second-order valence-corrected chi connectivity index (χ2v) is 3.42. The van der Waals surface area contributed by atoms with Crippen LogP contribution >= 0.6 is 15.9 Å². The van der Waals surface area contributed by atoms with Crippen LogP contribution in [0, 0.1) is 0 Å². The van der Waals surface area contributed by atoms with Gasteiger partial charge in [0.05, 0.1) is 5.56 Å². The molecule has 0 heterocycles. The fraction of sp³-hybridized carbons (Fsp3) is 0.222. The fourth-order valence-corrected chi connectivity index (χ4v) is 1.13. The highest BCUT2D eigenvalue weighted by Gasteiger charge is 2.08. The average molecular weight is 262 g/mol. The SMILES string of the molecule is Nc1cc(C(=O)OCCF)ccc1Br. The number of carbonyl (C=O) groups excluding carboxylic acids is 1. The van der Waals surface area contributed by atoms with Gasteiger partial charge in [0, 0.05) is 10.2 Å². The van der Waals surface area contributed by atoms with Crippen molar-refractivity contribution in [3.8, 4) is 0 Å². The summed E-state index contributed by atoms with van der Waals surface area (Å²) in [6.07, 6.45) is 0. The summed E-state index contributed by atoms with van der Waals surface area (Å²) in [6, 6.07) is 4.67. The molecule has 14 heavy (non-hydrogen) atoms. The number of esters is 1.